The van der Waals surface area contributed by atoms with Gasteiger partial charge in [0.25, 0.3) is 0 Å². The lowest BCUT2D eigenvalue weighted by atomic mass is 10.0. The summed E-state index contributed by atoms with van der Waals surface area (Å²) in [6.45, 7) is 0. The van der Waals surface area contributed by atoms with Gasteiger partial charge in [0.1, 0.15) is 0 Å². The van der Waals surface area contributed by atoms with Gasteiger partial charge in [0.05, 0.1) is 46.8 Å². The van der Waals surface area contributed by atoms with Gasteiger partial charge in [-0.05, 0) is 119 Å². The summed E-state index contributed by atoms with van der Waals surface area (Å²) in [5.41, 5.74) is 12.5. The molecule has 11 aromatic carbocycles. The molecule has 0 atom stereocenters. The average Bonchev–Trinajstić information content (AvgIpc) is 2.87. The van der Waals surface area contributed by atoms with Crippen LogP contribution in [-0.2, 0) is 0 Å². The highest BCUT2D eigenvalue weighted by molar-refractivity contribution is 6.29. The van der Waals surface area contributed by atoms with Gasteiger partial charge in [-0.1, -0.05) is 158 Å². The molecule has 0 N–H and O–H groups in total. The van der Waals surface area contributed by atoms with Crippen molar-refractivity contribution in [2.24, 2.45) is 0 Å². The number of para-hydroxylation sites is 4. The zero-order chi connectivity index (χ0) is 54.6. The molecule has 70 heavy (non-hydrogen) atoms. The molecule has 326 valence electrons. The Kier molecular flexibility index (Phi) is 6.48. The lowest BCUT2D eigenvalue weighted by Gasteiger charge is -2.26. The largest absolute Gasteiger partial charge is 0.310 e. The SMILES string of the molecule is [2H]c1c([2H])c([2H])c(N(c2cccc(-c3ccccc3)c2)c2ccc3c(c2)c2cccc4c5cc6c(cc5n3c24)c2cccc3c4cc(N(c5cccc(-c7ccccc7)c5)c5c([2H])c([2H])c([2H])c([2H])c5[2H])ccc4n6c32)c([2H])c1[2H]. The maximum absolute atomic E-state index is 9.19. The lowest BCUT2D eigenvalue weighted by Crippen LogP contribution is -2.09. The molecule has 4 aromatic heterocycles. The maximum Gasteiger partial charge on any atom is 0.0645 e. The highest BCUT2D eigenvalue weighted by Crippen LogP contribution is 2.47. The van der Waals surface area contributed by atoms with Gasteiger partial charge in [0.2, 0.25) is 0 Å². The molecule has 0 amide bonds. The van der Waals surface area contributed by atoms with E-state index in [2.05, 4.69) is 81.6 Å². The second-order valence-electron chi connectivity index (χ2n) is 17.8. The molecule has 0 aliphatic carbocycles. The minimum Gasteiger partial charge on any atom is -0.310 e. The van der Waals surface area contributed by atoms with Gasteiger partial charge in [-0.3, -0.25) is 0 Å². The number of benzene rings is 11. The fourth-order valence-electron chi connectivity index (χ4n) is 11.1. The van der Waals surface area contributed by atoms with E-state index < -0.39 is 36.3 Å². The molecule has 0 aliphatic rings. The third kappa shape index (κ3) is 5.71. The van der Waals surface area contributed by atoms with Crippen molar-refractivity contribution in [3.8, 4) is 22.3 Å². The van der Waals surface area contributed by atoms with Crippen molar-refractivity contribution in [2.45, 2.75) is 0 Å². The van der Waals surface area contributed by atoms with Crippen LogP contribution >= 0.6 is 0 Å². The molecule has 4 heterocycles. The van der Waals surface area contributed by atoms with Gasteiger partial charge < -0.3 is 18.6 Å². The molecular weight excluding hydrogens is 849 g/mol. The van der Waals surface area contributed by atoms with Crippen molar-refractivity contribution in [3.63, 3.8) is 0 Å². The first-order valence-corrected chi connectivity index (χ1v) is 23.3. The summed E-state index contributed by atoms with van der Waals surface area (Å²) >= 11 is 0. The van der Waals surface area contributed by atoms with Gasteiger partial charge in [-0.25, -0.2) is 0 Å². The summed E-state index contributed by atoms with van der Waals surface area (Å²) in [6, 6.07) is 61.3. The van der Waals surface area contributed by atoms with Gasteiger partial charge >= 0.3 is 0 Å². The smallest absolute Gasteiger partial charge is 0.0645 e. The summed E-state index contributed by atoms with van der Waals surface area (Å²) in [5.74, 6) is 0. The van der Waals surface area contributed by atoms with Crippen molar-refractivity contribution in [1.29, 1.82) is 0 Å². The first kappa shape index (κ1) is 30.1. The van der Waals surface area contributed by atoms with E-state index in [1.165, 1.54) is 0 Å². The zero-order valence-corrected chi connectivity index (χ0v) is 37.3. The quantitative estimate of drug-likeness (QED) is 0.151. The molecule has 0 radical (unpaired) electrons. The Hall–Kier alpha value is -9.38. The molecule has 0 fully saturated rings. The molecule has 0 unspecified atom stereocenters. The van der Waals surface area contributed by atoms with Crippen LogP contribution in [0.5, 0.6) is 0 Å². The predicted molar refractivity (Wildman–Crippen MR) is 296 cm³/mol. The molecule has 0 spiro atoms. The highest BCUT2D eigenvalue weighted by Gasteiger charge is 2.24. The highest BCUT2D eigenvalue weighted by atomic mass is 15.1. The normalized spacial score (nSPS) is 14.0. The maximum atomic E-state index is 9.19. The lowest BCUT2D eigenvalue weighted by molar-refractivity contribution is 1.28. The monoisotopic (exact) mass is 900 g/mol. The predicted octanol–water partition coefficient (Wildman–Crippen LogP) is 18.3. The second-order valence-corrected chi connectivity index (χ2v) is 17.8. The molecule has 15 aromatic rings. The first-order valence-electron chi connectivity index (χ1n) is 28.3. The fraction of sp³-hybridized carbons (Fsp3) is 0. The molecule has 4 nitrogen and oxygen atoms in total. The van der Waals surface area contributed by atoms with Crippen LogP contribution in [0.25, 0.3) is 98.4 Å². The molecule has 0 saturated heterocycles. The van der Waals surface area contributed by atoms with E-state index in [9.17, 15) is 5.48 Å². The van der Waals surface area contributed by atoms with E-state index >= 15 is 0 Å². The number of hydrogen-bond donors (Lipinski definition) is 0. The van der Waals surface area contributed by atoms with E-state index in [0.29, 0.717) is 22.7 Å². The van der Waals surface area contributed by atoms with Crippen LogP contribution in [0, 0.1) is 0 Å². The summed E-state index contributed by atoms with van der Waals surface area (Å²) in [4.78, 5) is 3.56. The van der Waals surface area contributed by atoms with Gasteiger partial charge in [-0.2, -0.15) is 0 Å². The number of aromatic nitrogens is 2. The van der Waals surface area contributed by atoms with Crippen LogP contribution < -0.4 is 9.80 Å². The Morgan fingerprint density at radius 2 is 0.614 bits per heavy atom. The first-order chi connectivity index (χ1) is 38.9. The van der Waals surface area contributed by atoms with Crippen LogP contribution in [0.3, 0.4) is 0 Å². The van der Waals surface area contributed by atoms with Gasteiger partial charge in [0, 0.05) is 77.2 Å². The molecule has 0 bridgehead atoms. The van der Waals surface area contributed by atoms with Crippen LogP contribution in [0.15, 0.2) is 255 Å². The van der Waals surface area contributed by atoms with Gasteiger partial charge in [-0.15, -0.1) is 0 Å². The standard InChI is InChI=1S/C66H42N4/c1-5-17-43(18-6-1)45-21-13-27-49(37-45)67(47-23-9-3-10-24-47)51-33-35-61-57(39-51)53-29-15-31-55-59-42-64-60(41-63(59)69(61)65(53)55)56-32-16-30-54-58-40-52(34-36-62(58)70(64)66(54)56)68(48-25-11-4-12-26-48)50-28-14-22-46(38-50)44-19-7-2-8-20-44/h1-42H/i3D,4D,9D,10D,11D,12D,23D,24D,25D,26D. The summed E-state index contributed by atoms with van der Waals surface area (Å²) < 4.78 is 93.1. The number of nitrogens with zero attached hydrogens (tertiary/aromatic N) is 4. The summed E-state index contributed by atoms with van der Waals surface area (Å²) in [6.07, 6.45) is 0. The van der Waals surface area contributed by atoms with E-state index in [-0.39, 0.29) is 35.5 Å². The van der Waals surface area contributed by atoms with Crippen molar-refractivity contribution in [1.82, 2.24) is 8.80 Å². The minimum atomic E-state index is -0.454. The van der Waals surface area contributed by atoms with Crippen LogP contribution in [0.1, 0.15) is 13.7 Å². The molecule has 0 aliphatic heterocycles. The summed E-state index contributed by atoms with van der Waals surface area (Å²) in [5, 5.41) is 8.17. The van der Waals surface area contributed by atoms with E-state index in [1.54, 1.807) is 9.80 Å². The average molecular weight is 901 g/mol. The van der Waals surface area contributed by atoms with Crippen molar-refractivity contribution >= 4 is 110 Å². The van der Waals surface area contributed by atoms with Crippen molar-refractivity contribution in [2.75, 3.05) is 9.80 Å². The van der Waals surface area contributed by atoms with E-state index in [4.69, 9.17) is 8.22 Å². The van der Waals surface area contributed by atoms with Crippen LogP contribution in [0.4, 0.5) is 34.1 Å². The Morgan fingerprint density at radius 1 is 0.257 bits per heavy atom. The minimum absolute atomic E-state index is 0.0554. The van der Waals surface area contributed by atoms with Crippen LogP contribution in [0.2, 0.25) is 0 Å². The Morgan fingerprint density at radius 3 is 1.03 bits per heavy atom. The Labute approximate surface area is 418 Å². The molecule has 15 rings (SSSR count). The van der Waals surface area contributed by atoms with E-state index in [0.717, 1.165) is 98.4 Å². The topological polar surface area (TPSA) is 15.3 Å². The Balaban J connectivity index is 0.924. The Bertz CT molecular complexity index is 4720. The van der Waals surface area contributed by atoms with Gasteiger partial charge in [0.15, 0.2) is 0 Å². The fourth-order valence-corrected chi connectivity index (χ4v) is 11.1. The molecule has 0 saturated carbocycles. The number of rotatable bonds is 8. The second kappa shape index (κ2) is 15.1. The summed E-state index contributed by atoms with van der Waals surface area (Å²) in [7, 11) is 0. The number of hydrogen-bond acceptors (Lipinski definition) is 2. The van der Waals surface area contributed by atoms with E-state index in [1.807, 2.05) is 121 Å². The number of fused-ring (bicyclic) bond motifs is 12. The van der Waals surface area contributed by atoms with Crippen LogP contribution in [-0.4, -0.2) is 8.80 Å². The van der Waals surface area contributed by atoms with Crippen molar-refractivity contribution in [3.05, 3.63) is 255 Å². The zero-order valence-electron chi connectivity index (χ0n) is 47.3. The third-order valence-corrected chi connectivity index (χ3v) is 14.1. The third-order valence-electron chi connectivity index (χ3n) is 14.1. The van der Waals surface area contributed by atoms with Crippen molar-refractivity contribution < 1.29 is 13.7 Å². The molecule has 4 heteroatoms. The number of anilines is 6. The molecular formula is C66H42N4.